The van der Waals surface area contributed by atoms with Crippen LogP contribution in [0.15, 0.2) is 5.38 Å². The minimum Gasteiger partial charge on any atom is -0.461 e. The van der Waals surface area contributed by atoms with Crippen LogP contribution in [0, 0.1) is 5.92 Å². The van der Waals surface area contributed by atoms with Gasteiger partial charge in [-0.3, -0.25) is 9.69 Å². The molecule has 0 radical (unpaired) electrons. The quantitative estimate of drug-likeness (QED) is 0.350. The summed E-state index contributed by atoms with van der Waals surface area (Å²) in [6, 6.07) is 0.0152. The molecular formula is C21H37N3O4S. The van der Waals surface area contributed by atoms with Crippen LogP contribution in [-0.2, 0) is 14.3 Å². The number of nitrogens with zero attached hydrogens (tertiary/aromatic N) is 3. The van der Waals surface area contributed by atoms with Crippen molar-refractivity contribution in [2.24, 2.45) is 5.92 Å². The molecule has 8 heteroatoms. The summed E-state index contributed by atoms with van der Waals surface area (Å²) in [5.74, 6) is -0.00239. The molecule has 1 amide bonds. The molecule has 0 aliphatic carbocycles. The van der Waals surface area contributed by atoms with Crippen LogP contribution >= 0.6 is 11.3 Å². The Labute approximate surface area is 179 Å². The van der Waals surface area contributed by atoms with E-state index in [4.69, 9.17) is 9.47 Å². The van der Waals surface area contributed by atoms with Gasteiger partial charge in [-0.2, -0.15) is 0 Å². The zero-order valence-electron chi connectivity index (χ0n) is 18.9. The van der Waals surface area contributed by atoms with Crippen molar-refractivity contribution >= 4 is 23.2 Å². The van der Waals surface area contributed by atoms with Crippen molar-refractivity contribution in [2.45, 2.75) is 65.5 Å². The number of carbonyl (C=O) groups excluding carboxylic acids is 2. The fraction of sp³-hybridized carbons (Fsp3) is 0.762. The largest absolute Gasteiger partial charge is 0.461 e. The molecule has 0 fully saturated rings. The van der Waals surface area contributed by atoms with Crippen molar-refractivity contribution in [3.05, 3.63) is 16.1 Å². The number of carbonyl (C=O) groups is 2. The van der Waals surface area contributed by atoms with Crippen molar-refractivity contribution in [3.8, 4) is 0 Å². The second-order valence-electron chi connectivity index (χ2n) is 7.81. The average molecular weight is 428 g/mol. The number of thiazole rings is 1. The van der Waals surface area contributed by atoms with Gasteiger partial charge in [0.1, 0.15) is 11.1 Å². The summed E-state index contributed by atoms with van der Waals surface area (Å²) in [7, 11) is 5.74. The SMILES string of the molecule is CCCCC(=O)N(C)[C@H](C[C@@H](OCN(C)C)c1nc(C(=O)OCC)cs1)C(C)C. The summed E-state index contributed by atoms with van der Waals surface area (Å²) < 4.78 is 11.2. The van der Waals surface area contributed by atoms with E-state index in [0.29, 0.717) is 31.9 Å². The van der Waals surface area contributed by atoms with Gasteiger partial charge >= 0.3 is 5.97 Å². The van der Waals surface area contributed by atoms with Gasteiger partial charge in [-0.15, -0.1) is 11.3 Å². The molecule has 0 bridgehead atoms. The number of unbranched alkanes of at least 4 members (excludes halogenated alkanes) is 1. The second kappa shape index (κ2) is 12.9. The van der Waals surface area contributed by atoms with Crippen LogP contribution in [0.3, 0.4) is 0 Å². The average Bonchev–Trinajstić information content (AvgIpc) is 3.15. The Hall–Kier alpha value is -1.51. The molecule has 1 rings (SSSR count). The van der Waals surface area contributed by atoms with Crippen LogP contribution in [0.5, 0.6) is 0 Å². The fourth-order valence-electron chi connectivity index (χ4n) is 3.00. The molecule has 1 aromatic rings. The van der Waals surface area contributed by atoms with E-state index in [1.54, 1.807) is 12.3 Å². The molecule has 1 heterocycles. The van der Waals surface area contributed by atoms with Crippen molar-refractivity contribution in [2.75, 3.05) is 34.5 Å². The van der Waals surface area contributed by atoms with Crippen LogP contribution < -0.4 is 0 Å². The molecule has 0 saturated carbocycles. The number of esters is 1. The highest BCUT2D eigenvalue weighted by atomic mass is 32.1. The minimum atomic E-state index is -0.423. The van der Waals surface area contributed by atoms with Gasteiger partial charge in [0.15, 0.2) is 5.69 Å². The van der Waals surface area contributed by atoms with Crippen molar-refractivity contribution in [1.82, 2.24) is 14.8 Å². The van der Waals surface area contributed by atoms with Crippen molar-refractivity contribution in [1.29, 1.82) is 0 Å². The van der Waals surface area contributed by atoms with Crippen molar-refractivity contribution < 1.29 is 19.1 Å². The Morgan fingerprint density at radius 1 is 1.21 bits per heavy atom. The molecule has 0 saturated heterocycles. The van der Waals surface area contributed by atoms with Gasteiger partial charge in [0.25, 0.3) is 0 Å². The number of aromatic nitrogens is 1. The van der Waals surface area contributed by atoms with E-state index in [0.717, 1.165) is 17.8 Å². The number of hydrogen-bond acceptors (Lipinski definition) is 7. The molecule has 0 unspecified atom stereocenters. The first kappa shape index (κ1) is 25.5. The molecule has 1 aromatic heterocycles. The van der Waals surface area contributed by atoms with Crippen LogP contribution in [0.4, 0.5) is 0 Å². The third kappa shape index (κ3) is 8.40. The van der Waals surface area contributed by atoms with Gasteiger partial charge in [0.05, 0.1) is 13.3 Å². The molecule has 0 aliphatic rings. The summed E-state index contributed by atoms with van der Waals surface area (Å²) in [6.07, 6.45) is 2.76. The van der Waals surface area contributed by atoms with E-state index >= 15 is 0 Å². The number of hydrogen-bond donors (Lipinski definition) is 0. The van der Waals surface area contributed by atoms with E-state index in [1.807, 2.05) is 30.9 Å². The molecule has 2 atom stereocenters. The molecular weight excluding hydrogens is 390 g/mol. The molecule has 166 valence electrons. The van der Waals surface area contributed by atoms with Gasteiger partial charge < -0.3 is 14.4 Å². The minimum absolute atomic E-state index is 0.0152. The topological polar surface area (TPSA) is 72.0 Å². The predicted molar refractivity (Wildman–Crippen MR) is 116 cm³/mol. The van der Waals surface area contributed by atoms with Gasteiger partial charge in [0.2, 0.25) is 5.91 Å². The zero-order valence-corrected chi connectivity index (χ0v) is 19.8. The summed E-state index contributed by atoms with van der Waals surface area (Å²) in [5.41, 5.74) is 0.304. The van der Waals surface area contributed by atoms with Gasteiger partial charge in [-0.05, 0) is 33.4 Å². The Morgan fingerprint density at radius 2 is 1.90 bits per heavy atom. The van der Waals surface area contributed by atoms with E-state index in [1.165, 1.54) is 11.3 Å². The lowest BCUT2D eigenvalue weighted by Crippen LogP contribution is -2.41. The first-order chi connectivity index (χ1) is 13.7. The molecule has 0 N–H and O–H groups in total. The zero-order chi connectivity index (χ0) is 22.0. The molecule has 7 nitrogen and oxygen atoms in total. The molecule has 0 aliphatic heterocycles. The van der Waals surface area contributed by atoms with Crippen LogP contribution in [0.2, 0.25) is 0 Å². The monoisotopic (exact) mass is 427 g/mol. The summed E-state index contributed by atoms with van der Waals surface area (Å²) in [5, 5.41) is 2.44. The lowest BCUT2D eigenvalue weighted by molar-refractivity contribution is -0.134. The normalized spacial score (nSPS) is 13.6. The lowest BCUT2D eigenvalue weighted by atomic mass is 9.96. The van der Waals surface area contributed by atoms with E-state index in [-0.39, 0.29) is 24.0 Å². The third-order valence-corrected chi connectivity index (χ3v) is 5.61. The first-order valence-corrected chi connectivity index (χ1v) is 11.2. The Morgan fingerprint density at radius 3 is 2.45 bits per heavy atom. The Bertz CT molecular complexity index is 633. The number of amides is 1. The lowest BCUT2D eigenvalue weighted by Gasteiger charge is -2.34. The first-order valence-electron chi connectivity index (χ1n) is 10.4. The van der Waals surface area contributed by atoms with Gasteiger partial charge in [-0.25, -0.2) is 9.78 Å². The second-order valence-corrected chi connectivity index (χ2v) is 8.70. The van der Waals surface area contributed by atoms with Crippen LogP contribution in [0.1, 0.15) is 75.0 Å². The molecule has 0 spiro atoms. The van der Waals surface area contributed by atoms with E-state index in [2.05, 4.69) is 25.8 Å². The highest BCUT2D eigenvalue weighted by Crippen LogP contribution is 2.30. The van der Waals surface area contributed by atoms with Crippen molar-refractivity contribution in [3.63, 3.8) is 0 Å². The Balaban J connectivity index is 3.02. The Kier molecular flexibility index (Phi) is 11.4. The van der Waals surface area contributed by atoms with E-state index in [9.17, 15) is 9.59 Å². The number of ether oxygens (including phenoxy) is 2. The molecule has 29 heavy (non-hydrogen) atoms. The highest BCUT2D eigenvalue weighted by molar-refractivity contribution is 7.09. The van der Waals surface area contributed by atoms with Crippen LogP contribution in [-0.4, -0.2) is 67.2 Å². The highest BCUT2D eigenvalue weighted by Gasteiger charge is 2.29. The van der Waals surface area contributed by atoms with Gasteiger partial charge in [0, 0.05) is 31.3 Å². The fourth-order valence-corrected chi connectivity index (χ4v) is 3.85. The summed E-state index contributed by atoms with van der Waals surface area (Å²) in [4.78, 5) is 32.9. The van der Waals surface area contributed by atoms with E-state index < -0.39 is 5.97 Å². The van der Waals surface area contributed by atoms with Gasteiger partial charge in [-0.1, -0.05) is 27.2 Å². The summed E-state index contributed by atoms with van der Waals surface area (Å²) in [6.45, 7) is 8.82. The number of rotatable bonds is 13. The predicted octanol–water partition coefficient (Wildman–Crippen LogP) is 3.96. The maximum absolute atomic E-state index is 12.6. The molecule has 0 aromatic carbocycles. The maximum Gasteiger partial charge on any atom is 0.357 e. The third-order valence-electron chi connectivity index (χ3n) is 4.68. The summed E-state index contributed by atoms with van der Waals surface area (Å²) >= 11 is 1.39. The standard InChI is InChI=1S/C21H37N3O4S/c1-8-10-11-19(25)24(7)17(15(3)4)12-18(28-14-23(5)6)20-22-16(13-29-20)21(26)27-9-2/h13,15,17-18H,8-12,14H2,1-7H3/t17-,18-/m1/s1. The maximum atomic E-state index is 12.6. The smallest absolute Gasteiger partial charge is 0.357 e. The van der Waals surface area contributed by atoms with Crippen LogP contribution in [0.25, 0.3) is 0 Å².